The van der Waals surface area contributed by atoms with E-state index in [2.05, 4.69) is 30.5 Å². The maximum atomic E-state index is 10.8. The minimum absolute atomic E-state index is 0.0338. The third-order valence-corrected chi connectivity index (χ3v) is 1.64. The van der Waals surface area contributed by atoms with Crippen molar-refractivity contribution in [3.63, 3.8) is 0 Å². The Morgan fingerprint density at radius 2 is 1.86 bits per heavy atom. The van der Waals surface area contributed by atoms with Crippen molar-refractivity contribution in [2.75, 3.05) is 12.4 Å². The zero-order valence-electron chi connectivity index (χ0n) is 7.64. The molecule has 0 saturated heterocycles. The predicted octanol–water partition coefficient (Wildman–Crippen LogP) is 0.743. The Balaban J connectivity index is 3.90. The van der Waals surface area contributed by atoms with Crippen LogP contribution < -0.4 is 0 Å². The first-order valence-electron chi connectivity index (χ1n) is 3.87. The van der Waals surface area contributed by atoms with Gasteiger partial charge >= 0.3 is 11.9 Å². The van der Waals surface area contributed by atoms with Gasteiger partial charge in [0.05, 0.1) is 0 Å². The number of hydrogen-bond acceptors (Lipinski definition) is 5. The van der Waals surface area contributed by atoms with Crippen LogP contribution in [0.3, 0.4) is 0 Å². The fourth-order valence-electron chi connectivity index (χ4n) is 0.570. The number of rotatable bonds is 6. The van der Waals surface area contributed by atoms with Gasteiger partial charge in [0.1, 0.15) is 12.7 Å². The van der Waals surface area contributed by atoms with E-state index in [1.807, 2.05) is 0 Å². The van der Waals surface area contributed by atoms with E-state index in [0.29, 0.717) is 0 Å². The van der Waals surface area contributed by atoms with Gasteiger partial charge in [0.25, 0.3) is 0 Å². The number of carbonyl (C=O) groups excluding carboxylic acids is 2. The van der Waals surface area contributed by atoms with E-state index in [4.69, 9.17) is 4.74 Å². The van der Waals surface area contributed by atoms with Crippen LogP contribution >= 0.6 is 12.6 Å². The minimum Gasteiger partial charge on any atom is -0.459 e. The lowest BCUT2D eigenvalue weighted by Gasteiger charge is -2.13. The van der Waals surface area contributed by atoms with Crippen molar-refractivity contribution >= 4 is 24.6 Å². The maximum absolute atomic E-state index is 10.8. The molecule has 0 bridgehead atoms. The summed E-state index contributed by atoms with van der Waals surface area (Å²) in [6.45, 7) is 6.43. The Morgan fingerprint density at radius 3 is 2.29 bits per heavy atom. The van der Waals surface area contributed by atoms with Gasteiger partial charge in [-0.15, -0.1) is 0 Å². The third-order valence-electron chi connectivity index (χ3n) is 1.23. The van der Waals surface area contributed by atoms with Gasteiger partial charge < -0.3 is 9.47 Å². The highest BCUT2D eigenvalue weighted by Gasteiger charge is 2.12. The summed E-state index contributed by atoms with van der Waals surface area (Å²) in [5.41, 5.74) is 0. The van der Waals surface area contributed by atoms with Crippen molar-refractivity contribution in [3.05, 3.63) is 25.3 Å². The molecule has 0 fully saturated rings. The molecule has 0 aromatic rings. The molecular formula is C9H12O4S. The van der Waals surface area contributed by atoms with Gasteiger partial charge in [0.15, 0.2) is 0 Å². The largest absolute Gasteiger partial charge is 0.459 e. The summed E-state index contributed by atoms with van der Waals surface area (Å²) in [6.07, 6.45) is 1.50. The molecule has 4 nitrogen and oxygen atoms in total. The molecule has 0 aromatic carbocycles. The van der Waals surface area contributed by atoms with E-state index in [-0.39, 0.29) is 12.4 Å². The zero-order chi connectivity index (χ0) is 11.0. The normalized spacial score (nSPS) is 11.2. The molecular weight excluding hydrogens is 204 g/mol. The van der Waals surface area contributed by atoms with Crippen molar-refractivity contribution in [3.8, 4) is 0 Å². The van der Waals surface area contributed by atoms with Crippen molar-refractivity contribution in [1.82, 2.24) is 0 Å². The van der Waals surface area contributed by atoms with Crippen LogP contribution in [0.2, 0.25) is 0 Å². The van der Waals surface area contributed by atoms with E-state index >= 15 is 0 Å². The van der Waals surface area contributed by atoms with Gasteiger partial charge in [-0.25, -0.2) is 9.59 Å². The fraction of sp³-hybridized carbons (Fsp3) is 0.333. The molecule has 0 aliphatic rings. The monoisotopic (exact) mass is 216 g/mol. The first kappa shape index (κ1) is 12.8. The molecule has 5 heteroatoms. The SMILES string of the molecule is C=CC(=O)OCC(CS)OC(=O)C=C. The number of carbonyl (C=O) groups is 2. The second-order valence-corrected chi connectivity index (χ2v) is 2.64. The molecule has 78 valence electrons. The number of hydrogen-bond donors (Lipinski definition) is 1. The highest BCUT2D eigenvalue weighted by atomic mass is 32.1. The second-order valence-electron chi connectivity index (χ2n) is 2.28. The van der Waals surface area contributed by atoms with Crippen molar-refractivity contribution < 1.29 is 19.1 Å². The van der Waals surface area contributed by atoms with Gasteiger partial charge in [0.2, 0.25) is 0 Å². The van der Waals surface area contributed by atoms with Crippen LogP contribution in [0.1, 0.15) is 0 Å². The second kappa shape index (κ2) is 7.20. The van der Waals surface area contributed by atoms with Gasteiger partial charge in [-0.2, -0.15) is 12.6 Å². The summed E-state index contributed by atoms with van der Waals surface area (Å²) in [6, 6.07) is 0. The average molecular weight is 216 g/mol. The third kappa shape index (κ3) is 5.42. The highest BCUT2D eigenvalue weighted by molar-refractivity contribution is 7.80. The molecule has 0 heterocycles. The van der Waals surface area contributed by atoms with Crippen LogP contribution in [0.5, 0.6) is 0 Å². The highest BCUT2D eigenvalue weighted by Crippen LogP contribution is 1.98. The summed E-state index contributed by atoms with van der Waals surface area (Å²) >= 11 is 3.93. The van der Waals surface area contributed by atoms with Crippen LogP contribution in [0, 0.1) is 0 Å². The molecule has 0 amide bonds. The summed E-state index contributed by atoms with van der Waals surface area (Å²) < 4.78 is 9.47. The van der Waals surface area contributed by atoms with Crippen molar-refractivity contribution in [2.24, 2.45) is 0 Å². The lowest BCUT2D eigenvalue weighted by Crippen LogP contribution is -2.25. The molecule has 14 heavy (non-hydrogen) atoms. The quantitative estimate of drug-likeness (QED) is 0.404. The van der Waals surface area contributed by atoms with Gasteiger partial charge in [-0.3, -0.25) is 0 Å². The predicted molar refractivity (Wildman–Crippen MR) is 55.1 cm³/mol. The average Bonchev–Trinajstić information content (AvgIpc) is 2.22. The Morgan fingerprint density at radius 1 is 1.29 bits per heavy atom. The molecule has 0 N–H and O–H groups in total. The van der Waals surface area contributed by atoms with Gasteiger partial charge in [-0.05, 0) is 0 Å². The lowest BCUT2D eigenvalue weighted by molar-refractivity contribution is -0.151. The van der Waals surface area contributed by atoms with Crippen LogP contribution in [0.25, 0.3) is 0 Å². The lowest BCUT2D eigenvalue weighted by atomic mass is 10.4. The fourth-order valence-corrected chi connectivity index (χ4v) is 0.750. The van der Waals surface area contributed by atoms with Gasteiger partial charge in [-0.1, -0.05) is 13.2 Å². The zero-order valence-corrected chi connectivity index (χ0v) is 8.54. The summed E-state index contributed by atoms with van der Waals surface area (Å²) in [5, 5.41) is 0. The molecule has 0 rings (SSSR count). The molecule has 0 aliphatic carbocycles. The van der Waals surface area contributed by atoms with Gasteiger partial charge in [0, 0.05) is 17.9 Å². The Labute approximate surface area is 88.0 Å². The molecule has 1 atom stereocenters. The number of esters is 2. The molecule has 0 aromatic heterocycles. The molecule has 0 aliphatic heterocycles. The topological polar surface area (TPSA) is 52.6 Å². The molecule has 1 unspecified atom stereocenters. The summed E-state index contributed by atoms with van der Waals surface area (Å²) in [7, 11) is 0. The molecule has 0 saturated carbocycles. The standard InChI is InChI=1S/C9H12O4S/c1-3-8(10)12-5-7(6-14)13-9(11)4-2/h3-4,7,14H,1-2,5-6H2. The van der Waals surface area contributed by atoms with E-state index in [0.717, 1.165) is 12.2 Å². The molecule has 0 radical (unpaired) electrons. The number of thiol groups is 1. The van der Waals surface area contributed by atoms with Crippen LogP contribution in [0.4, 0.5) is 0 Å². The van der Waals surface area contributed by atoms with Crippen LogP contribution in [-0.2, 0) is 19.1 Å². The number of ether oxygens (including phenoxy) is 2. The Bertz CT molecular complexity index is 237. The summed E-state index contributed by atoms with van der Waals surface area (Å²) in [5.74, 6) is -0.866. The van der Waals surface area contributed by atoms with Crippen LogP contribution in [-0.4, -0.2) is 30.4 Å². The first-order chi connectivity index (χ1) is 6.63. The minimum atomic E-state index is -0.571. The van der Waals surface area contributed by atoms with Crippen molar-refractivity contribution in [2.45, 2.75) is 6.10 Å². The molecule has 0 spiro atoms. The Hall–Kier alpha value is -1.23. The first-order valence-corrected chi connectivity index (χ1v) is 4.50. The van der Waals surface area contributed by atoms with Crippen molar-refractivity contribution in [1.29, 1.82) is 0 Å². The van der Waals surface area contributed by atoms with E-state index < -0.39 is 18.0 Å². The van der Waals surface area contributed by atoms with Crippen LogP contribution in [0.15, 0.2) is 25.3 Å². The Kier molecular flexibility index (Phi) is 6.57. The maximum Gasteiger partial charge on any atom is 0.330 e. The van der Waals surface area contributed by atoms with E-state index in [1.54, 1.807) is 0 Å². The smallest absolute Gasteiger partial charge is 0.330 e. The van der Waals surface area contributed by atoms with E-state index in [1.165, 1.54) is 0 Å². The van der Waals surface area contributed by atoms with E-state index in [9.17, 15) is 9.59 Å². The summed E-state index contributed by atoms with van der Waals surface area (Å²) in [4.78, 5) is 21.4.